The molecule has 0 radical (unpaired) electrons. The number of carbonyl (C=O) groups excluding carboxylic acids is 1. The molecule has 22 heavy (non-hydrogen) atoms. The van der Waals surface area contributed by atoms with Crippen LogP contribution < -0.4 is 5.32 Å². The number of hydrogen-bond acceptors (Lipinski definition) is 4. The molecule has 0 saturated heterocycles. The van der Waals surface area contributed by atoms with Gasteiger partial charge in [-0.3, -0.25) is 14.2 Å². The normalized spacial score (nSPS) is 10.7. The summed E-state index contributed by atoms with van der Waals surface area (Å²) in [6.45, 7) is 2.98. The third-order valence-corrected chi connectivity index (χ3v) is 3.90. The van der Waals surface area contributed by atoms with Gasteiger partial charge in [-0.25, -0.2) is 4.79 Å². The molecular weight excluding hydrogens is 354 g/mol. The maximum absolute atomic E-state index is 12.0. The molecule has 0 spiro atoms. The van der Waals surface area contributed by atoms with Crippen LogP contribution in [0.25, 0.3) is 0 Å². The molecule has 0 aliphatic carbocycles. The smallest absolute Gasteiger partial charge is 0.354 e. The summed E-state index contributed by atoms with van der Waals surface area (Å²) in [5.74, 6) is -1.62. The van der Waals surface area contributed by atoms with Crippen LogP contribution in [-0.2, 0) is 13.6 Å². The molecule has 8 nitrogen and oxygen atoms in total. The zero-order valence-corrected chi connectivity index (χ0v) is 13.8. The summed E-state index contributed by atoms with van der Waals surface area (Å²) in [6.07, 6.45) is 3.82. The van der Waals surface area contributed by atoms with Crippen molar-refractivity contribution in [3.05, 3.63) is 33.8 Å². The topological polar surface area (TPSA) is 102 Å². The molecule has 1 amide bonds. The lowest BCUT2D eigenvalue weighted by Crippen LogP contribution is -2.27. The van der Waals surface area contributed by atoms with E-state index >= 15 is 0 Å². The van der Waals surface area contributed by atoms with Crippen molar-refractivity contribution in [2.45, 2.75) is 19.9 Å². The molecule has 0 aromatic carbocycles. The zero-order chi connectivity index (χ0) is 16.3. The molecule has 0 saturated carbocycles. The van der Waals surface area contributed by atoms with E-state index in [0.29, 0.717) is 19.5 Å². The van der Waals surface area contributed by atoms with Crippen LogP contribution in [-0.4, -0.2) is 43.1 Å². The molecule has 2 aromatic rings. The maximum atomic E-state index is 12.0. The number of carboxylic acids is 1. The molecule has 0 bridgehead atoms. The second-order valence-electron chi connectivity index (χ2n) is 4.77. The first kappa shape index (κ1) is 16.2. The molecular formula is C13H16BrN5O3. The van der Waals surface area contributed by atoms with E-state index in [1.54, 1.807) is 4.68 Å². The van der Waals surface area contributed by atoms with E-state index in [2.05, 4.69) is 31.4 Å². The number of carboxylic acid groups (broad SMARTS) is 1. The number of nitrogens with one attached hydrogen (secondary N) is 1. The highest BCUT2D eigenvalue weighted by Crippen LogP contribution is 2.13. The van der Waals surface area contributed by atoms with Gasteiger partial charge < -0.3 is 10.4 Å². The SMILES string of the molecule is Cc1nn(CCCNC(=O)c2cnn(C)c2C(=O)O)cc1Br. The molecule has 0 aliphatic rings. The lowest BCUT2D eigenvalue weighted by Gasteiger charge is -2.05. The Morgan fingerprint density at radius 1 is 1.45 bits per heavy atom. The summed E-state index contributed by atoms with van der Waals surface area (Å²) < 4.78 is 3.90. The Hall–Kier alpha value is -2.16. The average Bonchev–Trinajstić information content (AvgIpc) is 2.98. The van der Waals surface area contributed by atoms with E-state index in [1.165, 1.54) is 17.9 Å². The van der Waals surface area contributed by atoms with E-state index in [-0.39, 0.29) is 11.3 Å². The second kappa shape index (κ2) is 6.73. The van der Waals surface area contributed by atoms with Gasteiger partial charge in [0.15, 0.2) is 5.69 Å². The van der Waals surface area contributed by atoms with Gasteiger partial charge >= 0.3 is 5.97 Å². The number of hydrogen-bond donors (Lipinski definition) is 2. The van der Waals surface area contributed by atoms with Crippen molar-refractivity contribution in [3.8, 4) is 0 Å². The summed E-state index contributed by atoms with van der Waals surface area (Å²) in [6, 6.07) is 0. The number of halogens is 1. The highest BCUT2D eigenvalue weighted by molar-refractivity contribution is 9.10. The minimum Gasteiger partial charge on any atom is -0.477 e. The largest absolute Gasteiger partial charge is 0.477 e. The third kappa shape index (κ3) is 3.53. The summed E-state index contributed by atoms with van der Waals surface area (Å²) >= 11 is 3.38. The fraction of sp³-hybridized carbons (Fsp3) is 0.385. The zero-order valence-electron chi connectivity index (χ0n) is 12.2. The predicted molar refractivity (Wildman–Crippen MR) is 81.8 cm³/mol. The number of rotatable bonds is 6. The van der Waals surface area contributed by atoms with Gasteiger partial charge in [0.2, 0.25) is 0 Å². The Labute approximate surface area is 135 Å². The van der Waals surface area contributed by atoms with Gasteiger partial charge in [-0.2, -0.15) is 10.2 Å². The highest BCUT2D eigenvalue weighted by Gasteiger charge is 2.20. The van der Waals surface area contributed by atoms with Gasteiger partial charge in [0, 0.05) is 26.3 Å². The number of nitrogens with zero attached hydrogens (tertiary/aromatic N) is 4. The maximum Gasteiger partial charge on any atom is 0.354 e. The van der Waals surface area contributed by atoms with E-state index < -0.39 is 11.9 Å². The number of aromatic nitrogens is 4. The van der Waals surface area contributed by atoms with Crippen molar-refractivity contribution in [2.24, 2.45) is 7.05 Å². The van der Waals surface area contributed by atoms with Crippen LogP contribution in [0.3, 0.4) is 0 Å². The molecule has 2 rings (SSSR count). The number of carbonyl (C=O) groups is 2. The first-order valence-corrected chi connectivity index (χ1v) is 7.42. The lowest BCUT2D eigenvalue weighted by atomic mass is 10.2. The Morgan fingerprint density at radius 3 is 2.77 bits per heavy atom. The summed E-state index contributed by atoms with van der Waals surface area (Å²) in [5, 5.41) is 19.9. The Balaban J connectivity index is 1.87. The average molecular weight is 370 g/mol. The fourth-order valence-corrected chi connectivity index (χ4v) is 2.32. The van der Waals surface area contributed by atoms with E-state index in [0.717, 1.165) is 10.2 Å². The number of amides is 1. The molecule has 118 valence electrons. The summed E-state index contributed by atoms with van der Waals surface area (Å²) in [4.78, 5) is 23.1. The van der Waals surface area contributed by atoms with Gasteiger partial charge in [0.25, 0.3) is 5.91 Å². The van der Waals surface area contributed by atoms with Crippen LogP contribution in [0.4, 0.5) is 0 Å². The van der Waals surface area contributed by atoms with Crippen molar-refractivity contribution in [3.63, 3.8) is 0 Å². The van der Waals surface area contributed by atoms with Crippen molar-refractivity contribution in [1.82, 2.24) is 24.9 Å². The van der Waals surface area contributed by atoms with Crippen LogP contribution in [0.5, 0.6) is 0 Å². The molecule has 2 N–H and O–H groups in total. The highest BCUT2D eigenvalue weighted by atomic mass is 79.9. The summed E-state index contributed by atoms with van der Waals surface area (Å²) in [5.41, 5.74) is 0.849. The van der Waals surface area contributed by atoms with Crippen molar-refractivity contribution < 1.29 is 14.7 Å². The van der Waals surface area contributed by atoms with E-state index in [4.69, 9.17) is 5.11 Å². The predicted octanol–water partition coefficient (Wildman–Crippen LogP) is 1.21. The first-order valence-electron chi connectivity index (χ1n) is 6.63. The van der Waals surface area contributed by atoms with Gasteiger partial charge in [-0.05, 0) is 29.3 Å². The van der Waals surface area contributed by atoms with E-state index in [9.17, 15) is 9.59 Å². The van der Waals surface area contributed by atoms with Crippen LogP contribution in [0, 0.1) is 6.92 Å². The molecule has 2 aromatic heterocycles. The van der Waals surface area contributed by atoms with Gasteiger partial charge in [0.05, 0.1) is 21.9 Å². The molecule has 0 fully saturated rings. The molecule has 0 atom stereocenters. The monoisotopic (exact) mass is 369 g/mol. The Morgan fingerprint density at radius 2 is 2.18 bits per heavy atom. The van der Waals surface area contributed by atoms with E-state index in [1.807, 2.05) is 13.1 Å². The van der Waals surface area contributed by atoms with Crippen LogP contribution in [0.2, 0.25) is 0 Å². The number of aryl methyl sites for hydroxylation is 3. The Kier molecular flexibility index (Phi) is 4.96. The van der Waals surface area contributed by atoms with Crippen molar-refractivity contribution in [2.75, 3.05) is 6.54 Å². The quantitative estimate of drug-likeness (QED) is 0.745. The van der Waals surface area contributed by atoms with Crippen LogP contribution in [0.15, 0.2) is 16.9 Å². The van der Waals surface area contributed by atoms with Gasteiger partial charge in [0.1, 0.15) is 0 Å². The minimum atomic E-state index is -1.18. The van der Waals surface area contributed by atoms with Crippen LogP contribution >= 0.6 is 15.9 Å². The molecule has 9 heteroatoms. The second-order valence-corrected chi connectivity index (χ2v) is 5.62. The van der Waals surface area contributed by atoms with Crippen molar-refractivity contribution >= 4 is 27.8 Å². The summed E-state index contributed by atoms with van der Waals surface area (Å²) in [7, 11) is 1.48. The first-order chi connectivity index (χ1) is 10.4. The standard InChI is InChI=1S/C13H16BrN5O3/c1-8-10(14)7-19(17-8)5-3-4-15-12(20)9-6-16-18(2)11(9)13(21)22/h6-7H,3-5H2,1-2H3,(H,15,20)(H,21,22). The van der Waals surface area contributed by atoms with Crippen molar-refractivity contribution in [1.29, 1.82) is 0 Å². The fourth-order valence-electron chi connectivity index (χ4n) is 2.00. The minimum absolute atomic E-state index is 0.0627. The molecule has 2 heterocycles. The number of aromatic carboxylic acids is 1. The molecule has 0 unspecified atom stereocenters. The van der Waals surface area contributed by atoms with Crippen LogP contribution in [0.1, 0.15) is 33.0 Å². The van der Waals surface area contributed by atoms with Gasteiger partial charge in [-0.1, -0.05) is 0 Å². The lowest BCUT2D eigenvalue weighted by molar-refractivity contribution is 0.0679. The van der Waals surface area contributed by atoms with Gasteiger partial charge in [-0.15, -0.1) is 0 Å². The third-order valence-electron chi connectivity index (χ3n) is 3.12. The Bertz CT molecular complexity index is 687. The molecule has 0 aliphatic heterocycles.